The number of benzene rings is 2. The number of methoxy groups -OCH3 is 2. The number of amides is 1. The number of hydrogen-bond acceptors (Lipinski definition) is 9. The van der Waals surface area contributed by atoms with Gasteiger partial charge in [-0.3, -0.25) is 0 Å². The first-order chi connectivity index (χ1) is 20.2. The van der Waals surface area contributed by atoms with E-state index in [-0.39, 0.29) is 17.7 Å². The number of carbonyl (C=O) groups excluding carboxylic acids is 1. The van der Waals surface area contributed by atoms with Gasteiger partial charge in [0.25, 0.3) is 0 Å². The summed E-state index contributed by atoms with van der Waals surface area (Å²) >= 11 is 0. The zero-order valence-electron chi connectivity index (χ0n) is 25.1. The van der Waals surface area contributed by atoms with Crippen molar-refractivity contribution in [2.75, 3.05) is 44.1 Å². The molecule has 0 bridgehead atoms. The highest BCUT2D eigenvalue weighted by atomic mass is 16.6. The van der Waals surface area contributed by atoms with Gasteiger partial charge in [-0.25, -0.2) is 9.78 Å². The molecule has 1 aliphatic heterocycles. The summed E-state index contributed by atoms with van der Waals surface area (Å²) < 4.78 is 16.2. The van der Waals surface area contributed by atoms with Crippen molar-refractivity contribution in [2.45, 2.75) is 52.3 Å². The topological polar surface area (TPSA) is 106 Å². The van der Waals surface area contributed by atoms with Crippen LogP contribution in [0.25, 0.3) is 0 Å². The Bertz CT molecular complexity index is 1280. The molecule has 0 radical (unpaired) electrons. The lowest BCUT2D eigenvalue weighted by Crippen LogP contribution is -2.44. The fraction of sp³-hybridized carbons (Fsp3) is 0.438. The highest BCUT2D eigenvalue weighted by molar-refractivity contribution is 5.77. The first-order valence-corrected chi connectivity index (χ1v) is 14.2. The molecule has 0 unspecified atom stereocenters. The van der Waals surface area contributed by atoms with Crippen LogP contribution < -0.4 is 19.7 Å². The summed E-state index contributed by atoms with van der Waals surface area (Å²) in [6, 6.07) is 17.4. The number of anilines is 2. The van der Waals surface area contributed by atoms with Gasteiger partial charge >= 0.3 is 6.09 Å². The number of ether oxygens (including phenoxy) is 3. The smallest absolute Gasteiger partial charge is 0.410 e. The predicted octanol–water partition coefficient (Wildman–Crippen LogP) is 6.76. The van der Waals surface area contributed by atoms with Crippen molar-refractivity contribution in [2.24, 2.45) is 11.1 Å². The maximum atomic E-state index is 12.6. The van der Waals surface area contributed by atoms with E-state index in [1.807, 2.05) is 74.2 Å². The SMILES string of the molecule is COc1ccc(CN(Cc2ccc(OC)cc2)c2nccc(NC[C@@H]3CCCN(C(=O)OC(C)(C)C)C3)c2N=O)cc1. The second-order valence-electron chi connectivity index (χ2n) is 11.5. The third kappa shape index (κ3) is 8.34. The molecule has 4 rings (SSSR count). The minimum Gasteiger partial charge on any atom is -0.497 e. The number of nitrogens with zero attached hydrogens (tertiary/aromatic N) is 4. The number of hydrogen-bond donors (Lipinski definition) is 1. The van der Waals surface area contributed by atoms with Gasteiger partial charge in [0.15, 0.2) is 11.5 Å². The molecule has 10 heteroatoms. The summed E-state index contributed by atoms with van der Waals surface area (Å²) in [5, 5.41) is 6.86. The van der Waals surface area contributed by atoms with Crippen LogP contribution in [0.3, 0.4) is 0 Å². The van der Waals surface area contributed by atoms with Gasteiger partial charge in [-0.2, -0.15) is 0 Å². The molecule has 1 aliphatic rings. The molecule has 1 amide bonds. The van der Waals surface area contributed by atoms with E-state index in [0.717, 1.165) is 35.5 Å². The summed E-state index contributed by atoms with van der Waals surface area (Å²) in [6.45, 7) is 8.47. The van der Waals surface area contributed by atoms with E-state index in [0.29, 0.717) is 44.2 Å². The Morgan fingerprint density at radius 1 is 1.00 bits per heavy atom. The predicted molar refractivity (Wildman–Crippen MR) is 165 cm³/mol. The first kappa shape index (κ1) is 30.6. The molecule has 42 heavy (non-hydrogen) atoms. The number of carbonyl (C=O) groups is 1. The lowest BCUT2D eigenvalue weighted by atomic mass is 9.98. The molecule has 0 aliphatic carbocycles. The van der Waals surface area contributed by atoms with Crippen LogP contribution in [0.5, 0.6) is 11.5 Å². The molecule has 2 heterocycles. The van der Waals surface area contributed by atoms with Gasteiger partial charge in [0.05, 0.1) is 19.9 Å². The van der Waals surface area contributed by atoms with Crippen molar-refractivity contribution in [1.82, 2.24) is 9.88 Å². The summed E-state index contributed by atoms with van der Waals surface area (Å²) in [4.78, 5) is 33.3. The van der Waals surface area contributed by atoms with E-state index in [9.17, 15) is 9.70 Å². The standard InChI is InChI=1S/C32H41N5O5/c1-32(2,3)42-31(38)36-18-6-7-25(22-36)19-34-28-16-17-33-30(29(28)35-39)37(20-23-8-12-26(40-4)13-9-23)21-24-10-14-27(41-5)15-11-24/h8-17,25H,6-7,18-22H2,1-5H3,(H,33,34)/t25-/m0/s1. The van der Waals surface area contributed by atoms with Gasteiger partial charge in [0.1, 0.15) is 17.1 Å². The van der Waals surface area contributed by atoms with Crippen molar-refractivity contribution in [3.05, 3.63) is 76.8 Å². The zero-order valence-corrected chi connectivity index (χ0v) is 25.1. The number of likely N-dealkylation sites (tertiary alicyclic amines) is 1. The molecule has 1 atom stereocenters. The van der Waals surface area contributed by atoms with Crippen LogP contribution >= 0.6 is 0 Å². The summed E-state index contributed by atoms with van der Waals surface area (Å²) in [6.07, 6.45) is 3.26. The molecule has 10 nitrogen and oxygen atoms in total. The third-order valence-corrected chi connectivity index (χ3v) is 7.11. The summed E-state index contributed by atoms with van der Waals surface area (Å²) in [5.74, 6) is 2.23. The third-order valence-electron chi connectivity index (χ3n) is 7.11. The maximum Gasteiger partial charge on any atom is 0.410 e. The fourth-order valence-electron chi connectivity index (χ4n) is 4.99. The van der Waals surface area contributed by atoms with Crippen molar-refractivity contribution < 1.29 is 19.0 Å². The first-order valence-electron chi connectivity index (χ1n) is 14.2. The van der Waals surface area contributed by atoms with Crippen LogP contribution in [0.15, 0.2) is 66.0 Å². The van der Waals surface area contributed by atoms with Gasteiger partial charge in [-0.1, -0.05) is 24.3 Å². The molecule has 3 aromatic rings. The normalized spacial score (nSPS) is 15.1. The minimum absolute atomic E-state index is 0.206. The van der Waals surface area contributed by atoms with E-state index >= 15 is 0 Å². The van der Waals surface area contributed by atoms with Crippen LogP contribution in [0, 0.1) is 10.8 Å². The largest absolute Gasteiger partial charge is 0.497 e. The van der Waals surface area contributed by atoms with Crippen LogP contribution in [0.1, 0.15) is 44.7 Å². The second-order valence-corrected chi connectivity index (χ2v) is 11.5. The van der Waals surface area contributed by atoms with Crippen LogP contribution in [0.4, 0.5) is 22.0 Å². The van der Waals surface area contributed by atoms with Crippen molar-refractivity contribution in [1.29, 1.82) is 0 Å². The lowest BCUT2D eigenvalue weighted by molar-refractivity contribution is 0.0172. The fourth-order valence-corrected chi connectivity index (χ4v) is 4.99. The van der Waals surface area contributed by atoms with Gasteiger partial charge in [-0.05, 0) is 86.2 Å². The zero-order chi connectivity index (χ0) is 30.1. The summed E-state index contributed by atoms with van der Waals surface area (Å²) in [7, 11) is 3.27. The number of rotatable bonds is 11. The van der Waals surface area contributed by atoms with Gasteiger partial charge in [0, 0.05) is 38.9 Å². The van der Waals surface area contributed by atoms with E-state index in [1.165, 1.54) is 0 Å². The van der Waals surface area contributed by atoms with Crippen LogP contribution in [-0.4, -0.2) is 55.4 Å². The average molecular weight is 576 g/mol. The van der Waals surface area contributed by atoms with Crippen molar-refractivity contribution in [3.63, 3.8) is 0 Å². The number of aromatic nitrogens is 1. The second kappa shape index (κ2) is 14.0. The molecule has 0 spiro atoms. The Balaban J connectivity index is 1.54. The molecular formula is C32H41N5O5. The number of piperidine rings is 1. The lowest BCUT2D eigenvalue weighted by Gasteiger charge is -2.34. The highest BCUT2D eigenvalue weighted by Gasteiger charge is 2.28. The van der Waals surface area contributed by atoms with E-state index in [1.54, 1.807) is 31.4 Å². The molecule has 2 aromatic carbocycles. The van der Waals surface area contributed by atoms with Gasteiger partial charge in [0.2, 0.25) is 0 Å². The van der Waals surface area contributed by atoms with Crippen molar-refractivity contribution >= 4 is 23.3 Å². The quantitative estimate of drug-likeness (QED) is 0.250. The van der Waals surface area contributed by atoms with Gasteiger partial charge < -0.3 is 29.3 Å². The van der Waals surface area contributed by atoms with Gasteiger partial charge in [-0.15, -0.1) is 4.91 Å². The highest BCUT2D eigenvalue weighted by Crippen LogP contribution is 2.36. The molecular weight excluding hydrogens is 534 g/mol. The molecule has 1 N–H and O–H groups in total. The minimum atomic E-state index is -0.538. The number of nitrogens with one attached hydrogen (secondary N) is 1. The molecule has 1 fully saturated rings. The number of nitroso groups, excluding NO2 is 1. The Morgan fingerprint density at radius 3 is 2.12 bits per heavy atom. The Hall–Kier alpha value is -4.34. The maximum absolute atomic E-state index is 12.6. The van der Waals surface area contributed by atoms with E-state index in [4.69, 9.17) is 14.2 Å². The Kier molecular flexibility index (Phi) is 10.2. The van der Waals surface area contributed by atoms with Crippen LogP contribution in [-0.2, 0) is 17.8 Å². The molecule has 1 saturated heterocycles. The van der Waals surface area contributed by atoms with Crippen molar-refractivity contribution in [3.8, 4) is 11.5 Å². The molecule has 224 valence electrons. The Morgan fingerprint density at radius 2 is 1.60 bits per heavy atom. The van der Waals surface area contributed by atoms with E-state index < -0.39 is 5.60 Å². The summed E-state index contributed by atoms with van der Waals surface area (Å²) in [5.41, 5.74) is 2.39. The number of pyridine rings is 1. The van der Waals surface area contributed by atoms with E-state index in [2.05, 4.69) is 15.5 Å². The van der Waals surface area contributed by atoms with Crippen LogP contribution in [0.2, 0.25) is 0 Å². The average Bonchev–Trinajstić information content (AvgIpc) is 2.99. The Labute approximate surface area is 247 Å². The molecule has 1 aromatic heterocycles. The monoisotopic (exact) mass is 575 g/mol. The molecule has 0 saturated carbocycles.